The highest BCUT2D eigenvalue weighted by Crippen LogP contribution is 2.18. The van der Waals surface area contributed by atoms with Gasteiger partial charge >= 0.3 is 0 Å². The van der Waals surface area contributed by atoms with Gasteiger partial charge in [0.2, 0.25) is 0 Å². The lowest BCUT2D eigenvalue weighted by molar-refractivity contribution is 0.475. The summed E-state index contributed by atoms with van der Waals surface area (Å²) in [5.74, 6) is 0.281. The molecule has 3 nitrogen and oxygen atoms in total. The van der Waals surface area contributed by atoms with Crippen LogP contribution in [-0.2, 0) is 6.42 Å². The Hall–Kier alpha value is -2.60. The number of nitriles is 1. The second kappa shape index (κ2) is 7.42. The Labute approximate surface area is 131 Å². The third-order valence-electron chi connectivity index (χ3n) is 3.85. The van der Waals surface area contributed by atoms with Crippen LogP contribution in [0, 0.1) is 22.7 Å². The Bertz CT molecular complexity index is 666. The van der Waals surface area contributed by atoms with Gasteiger partial charge in [0.15, 0.2) is 0 Å². The lowest BCUT2D eigenvalue weighted by atomic mass is 9.91. The van der Waals surface area contributed by atoms with E-state index in [9.17, 15) is 5.11 Å². The number of phenolic OH excluding ortho intramolecular Hbond substituents is 1. The minimum Gasteiger partial charge on any atom is -0.508 e. The van der Waals surface area contributed by atoms with Crippen LogP contribution in [-0.4, -0.2) is 10.8 Å². The zero-order chi connectivity index (χ0) is 15.9. The fourth-order valence-corrected chi connectivity index (χ4v) is 2.45. The summed E-state index contributed by atoms with van der Waals surface area (Å²) in [5.41, 5.74) is 3.73. The minimum atomic E-state index is 0.00736. The van der Waals surface area contributed by atoms with Crippen molar-refractivity contribution in [1.82, 2.24) is 0 Å². The van der Waals surface area contributed by atoms with Crippen molar-refractivity contribution in [2.24, 2.45) is 5.92 Å². The normalized spacial score (nSPS) is 11.6. The monoisotopic (exact) mass is 292 g/mol. The molecule has 0 heterocycles. The number of rotatable bonds is 6. The average molecular weight is 292 g/mol. The van der Waals surface area contributed by atoms with Crippen LogP contribution in [0.1, 0.15) is 36.5 Å². The molecule has 0 aromatic heterocycles. The fraction of sp³-hybridized carbons (Fsp3) is 0.263. The average Bonchev–Trinajstić information content (AvgIpc) is 2.55. The van der Waals surface area contributed by atoms with Crippen LogP contribution in [0.15, 0.2) is 48.5 Å². The van der Waals surface area contributed by atoms with E-state index in [0.29, 0.717) is 12.1 Å². The van der Waals surface area contributed by atoms with E-state index in [4.69, 9.17) is 10.7 Å². The summed E-state index contributed by atoms with van der Waals surface area (Å²) in [5, 5.41) is 26.3. The van der Waals surface area contributed by atoms with Gasteiger partial charge in [0.05, 0.1) is 6.07 Å². The summed E-state index contributed by atoms with van der Waals surface area (Å²) in [6.45, 7) is 2.01. The molecule has 0 fully saturated rings. The topological polar surface area (TPSA) is 67.9 Å². The van der Waals surface area contributed by atoms with E-state index >= 15 is 0 Å². The number of hydrogen-bond acceptors (Lipinski definition) is 3. The first-order valence-electron chi connectivity index (χ1n) is 7.46. The summed E-state index contributed by atoms with van der Waals surface area (Å²) in [6, 6.07) is 17.3. The largest absolute Gasteiger partial charge is 0.508 e. The summed E-state index contributed by atoms with van der Waals surface area (Å²) >= 11 is 0. The van der Waals surface area contributed by atoms with Gasteiger partial charge in [-0.05, 0) is 41.7 Å². The summed E-state index contributed by atoms with van der Waals surface area (Å²) in [6.07, 6.45) is 2.00. The van der Waals surface area contributed by atoms with Crippen molar-refractivity contribution in [2.75, 3.05) is 0 Å². The van der Waals surface area contributed by atoms with Gasteiger partial charge < -0.3 is 10.5 Å². The van der Waals surface area contributed by atoms with Gasteiger partial charge in [0.25, 0.3) is 0 Å². The summed E-state index contributed by atoms with van der Waals surface area (Å²) < 4.78 is 0. The quantitative estimate of drug-likeness (QED) is 0.780. The van der Waals surface area contributed by atoms with Gasteiger partial charge in [-0.25, -0.2) is 0 Å². The van der Waals surface area contributed by atoms with Crippen molar-refractivity contribution in [3.8, 4) is 11.8 Å². The standard InChI is InChI=1S/C19H20N2O/c1-2-16(11-12-20)19(21)17-7-3-14(4-8-17)13-15-5-9-18(22)10-6-15/h3-10,16,21-22H,2,11,13H2,1H3/t16-/m0/s1. The maximum Gasteiger partial charge on any atom is 0.115 e. The number of aromatic hydroxyl groups is 1. The van der Waals surface area contributed by atoms with E-state index in [-0.39, 0.29) is 11.7 Å². The van der Waals surface area contributed by atoms with Gasteiger partial charge in [0.1, 0.15) is 5.75 Å². The molecule has 0 amide bonds. The molecular formula is C19H20N2O. The van der Waals surface area contributed by atoms with E-state index < -0.39 is 0 Å². The smallest absolute Gasteiger partial charge is 0.115 e. The highest BCUT2D eigenvalue weighted by atomic mass is 16.3. The van der Waals surface area contributed by atoms with Gasteiger partial charge in [-0.1, -0.05) is 43.3 Å². The van der Waals surface area contributed by atoms with E-state index in [1.54, 1.807) is 12.1 Å². The first kappa shape index (κ1) is 15.8. The van der Waals surface area contributed by atoms with Crippen molar-refractivity contribution < 1.29 is 5.11 Å². The molecule has 2 aromatic carbocycles. The third-order valence-corrected chi connectivity index (χ3v) is 3.85. The van der Waals surface area contributed by atoms with Crippen LogP contribution in [0.4, 0.5) is 0 Å². The molecule has 0 unspecified atom stereocenters. The molecule has 0 saturated carbocycles. The second-order valence-corrected chi connectivity index (χ2v) is 5.42. The van der Waals surface area contributed by atoms with Gasteiger partial charge in [-0.3, -0.25) is 0 Å². The number of nitrogens with zero attached hydrogens (tertiary/aromatic N) is 1. The molecule has 112 valence electrons. The Morgan fingerprint density at radius 1 is 1.09 bits per heavy atom. The number of benzene rings is 2. The van der Waals surface area contributed by atoms with Crippen LogP contribution in [0.2, 0.25) is 0 Å². The maximum absolute atomic E-state index is 9.29. The zero-order valence-corrected chi connectivity index (χ0v) is 12.7. The highest BCUT2D eigenvalue weighted by Gasteiger charge is 2.14. The lowest BCUT2D eigenvalue weighted by Crippen LogP contribution is -2.13. The Morgan fingerprint density at radius 3 is 2.14 bits per heavy atom. The lowest BCUT2D eigenvalue weighted by Gasteiger charge is -2.13. The molecule has 2 aromatic rings. The van der Waals surface area contributed by atoms with Crippen molar-refractivity contribution in [3.05, 3.63) is 65.2 Å². The van der Waals surface area contributed by atoms with Crippen LogP contribution in [0.3, 0.4) is 0 Å². The number of phenols is 1. The Morgan fingerprint density at radius 2 is 1.64 bits per heavy atom. The van der Waals surface area contributed by atoms with E-state index in [1.165, 1.54) is 0 Å². The maximum atomic E-state index is 9.29. The first-order valence-corrected chi connectivity index (χ1v) is 7.46. The Balaban J connectivity index is 2.08. The molecule has 3 heteroatoms. The molecule has 2 N–H and O–H groups in total. The number of nitrogens with one attached hydrogen (secondary N) is 1. The SMILES string of the molecule is CC[C@@H](CC#N)C(=N)c1ccc(Cc2ccc(O)cc2)cc1. The van der Waals surface area contributed by atoms with Gasteiger partial charge in [-0.15, -0.1) is 0 Å². The third kappa shape index (κ3) is 3.95. The molecule has 0 aliphatic carbocycles. The van der Waals surface area contributed by atoms with Crippen molar-refractivity contribution in [2.45, 2.75) is 26.2 Å². The molecule has 0 saturated heterocycles. The molecule has 0 aliphatic rings. The predicted molar refractivity (Wildman–Crippen MR) is 88.2 cm³/mol. The highest BCUT2D eigenvalue weighted by molar-refractivity contribution is 6.00. The summed E-state index contributed by atoms with van der Waals surface area (Å²) in [4.78, 5) is 0. The van der Waals surface area contributed by atoms with Crippen LogP contribution < -0.4 is 0 Å². The van der Waals surface area contributed by atoms with Gasteiger partial charge in [-0.2, -0.15) is 5.26 Å². The molecule has 0 aliphatic heterocycles. The van der Waals surface area contributed by atoms with Crippen LogP contribution >= 0.6 is 0 Å². The van der Waals surface area contributed by atoms with Crippen molar-refractivity contribution in [1.29, 1.82) is 10.7 Å². The number of hydrogen-bond donors (Lipinski definition) is 2. The Kier molecular flexibility index (Phi) is 5.32. The molecule has 0 radical (unpaired) electrons. The van der Waals surface area contributed by atoms with E-state index in [1.807, 2.05) is 43.3 Å². The summed E-state index contributed by atoms with van der Waals surface area (Å²) in [7, 11) is 0. The molecule has 22 heavy (non-hydrogen) atoms. The molecular weight excluding hydrogens is 272 g/mol. The second-order valence-electron chi connectivity index (χ2n) is 5.42. The molecule has 0 bridgehead atoms. The molecule has 2 rings (SSSR count). The molecule has 0 spiro atoms. The predicted octanol–water partition coefficient (Wildman–Crippen LogP) is 4.29. The van der Waals surface area contributed by atoms with E-state index in [2.05, 4.69) is 6.07 Å². The van der Waals surface area contributed by atoms with Crippen molar-refractivity contribution >= 4 is 5.71 Å². The fourth-order valence-electron chi connectivity index (χ4n) is 2.45. The van der Waals surface area contributed by atoms with Crippen LogP contribution in [0.25, 0.3) is 0 Å². The first-order chi connectivity index (χ1) is 10.6. The minimum absolute atomic E-state index is 0.00736. The molecule has 1 atom stereocenters. The van der Waals surface area contributed by atoms with Gasteiger partial charge in [0, 0.05) is 18.1 Å². The van der Waals surface area contributed by atoms with E-state index in [0.717, 1.165) is 29.5 Å². The van der Waals surface area contributed by atoms with Crippen LogP contribution in [0.5, 0.6) is 5.75 Å². The van der Waals surface area contributed by atoms with Crippen molar-refractivity contribution in [3.63, 3.8) is 0 Å². The zero-order valence-electron chi connectivity index (χ0n) is 12.7.